The van der Waals surface area contributed by atoms with Crippen molar-refractivity contribution >= 4 is 0 Å². The van der Waals surface area contributed by atoms with Crippen molar-refractivity contribution in [1.82, 2.24) is 16.0 Å². The molecule has 15 N–H and O–H groups in total. The van der Waals surface area contributed by atoms with Gasteiger partial charge in [0, 0.05) is 37.1 Å². The van der Waals surface area contributed by atoms with Gasteiger partial charge in [0.1, 0.15) is 29.7 Å². The lowest BCUT2D eigenvalue weighted by Gasteiger charge is -2.51. The quantitative estimate of drug-likeness (QED) is 0.0947. The maximum absolute atomic E-state index is 11.8. The number of hydrogen-bond acceptors (Lipinski definition) is 14. The van der Waals surface area contributed by atoms with Gasteiger partial charge in [0.2, 0.25) is 0 Å². The molecule has 0 aromatic heterocycles. The summed E-state index contributed by atoms with van der Waals surface area (Å²) in [5.41, 5.74) is 22.5. The molecule has 0 bridgehead atoms. The first-order valence-electron chi connectivity index (χ1n) is 14.0. The van der Waals surface area contributed by atoms with Gasteiger partial charge in [-0.2, -0.15) is 0 Å². The fourth-order valence-corrected chi connectivity index (χ4v) is 5.96. The van der Waals surface area contributed by atoms with Gasteiger partial charge in [0.25, 0.3) is 0 Å². The normalized spacial score (nSPS) is 42.1. The van der Waals surface area contributed by atoms with Gasteiger partial charge in [-0.1, -0.05) is 0 Å². The minimum atomic E-state index is -1.32. The van der Waals surface area contributed by atoms with Gasteiger partial charge in [-0.3, -0.25) is 0 Å². The summed E-state index contributed by atoms with van der Waals surface area (Å²) in [7, 11) is 1.63. The third-order valence-electron chi connectivity index (χ3n) is 8.12. The Hall–Kier alpha value is -0.980. The number of aliphatic hydroxyl groups is 4. The number of nitrogens with two attached hydrogens (primary N) is 4. The van der Waals surface area contributed by atoms with E-state index in [9.17, 15) is 20.4 Å². The molecule has 0 radical (unpaired) electrons. The highest BCUT2D eigenvalue weighted by atomic mass is 16.7. The topological polar surface area (TPSA) is 249 Å². The number of hydrogen-bond donors (Lipinski definition) is 11. The molecule has 14 nitrogen and oxygen atoms in total. The van der Waals surface area contributed by atoms with Crippen LogP contribution in [0.25, 0.3) is 0 Å². The Kier molecular flexibility index (Phi) is 12.3. The van der Waals surface area contributed by atoms with Gasteiger partial charge in [-0.15, -0.1) is 0 Å². The van der Waals surface area contributed by atoms with Gasteiger partial charge >= 0.3 is 0 Å². The molecule has 12 atom stereocenters. The second kappa shape index (κ2) is 14.8. The van der Waals surface area contributed by atoms with Crippen molar-refractivity contribution in [2.24, 2.45) is 28.9 Å². The third-order valence-corrected chi connectivity index (χ3v) is 8.12. The van der Waals surface area contributed by atoms with Crippen molar-refractivity contribution < 1.29 is 34.6 Å². The van der Waals surface area contributed by atoms with E-state index >= 15 is 0 Å². The van der Waals surface area contributed by atoms with Gasteiger partial charge < -0.3 is 73.5 Å². The van der Waals surface area contributed by atoms with E-state index in [1.165, 1.54) is 0 Å². The van der Waals surface area contributed by atoms with E-state index < -0.39 is 66.5 Å². The van der Waals surface area contributed by atoms with Crippen LogP contribution >= 0.6 is 0 Å². The molecule has 1 saturated carbocycles. The Morgan fingerprint density at radius 1 is 1.18 bits per heavy atom. The molecule has 2 heterocycles. The van der Waals surface area contributed by atoms with Crippen LogP contribution in [0.1, 0.15) is 26.2 Å². The molecule has 0 aromatic rings. The summed E-state index contributed by atoms with van der Waals surface area (Å²) in [6.45, 7) is 3.15. The minimum Gasteiger partial charge on any atom is -0.492 e. The molecular weight excluding hydrogens is 510 g/mol. The van der Waals surface area contributed by atoms with Gasteiger partial charge in [-0.25, -0.2) is 0 Å². The average Bonchev–Trinajstić information content (AvgIpc) is 2.91. The smallest absolute Gasteiger partial charge is 0.185 e. The maximum atomic E-state index is 11.8. The van der Waals surface area contributed by atoms with Crippen molar-refractivity contribution in [3.63, 3.8) is 0 Å². The van der Waals surface area contributed by atoms with E-state index in [1.54, 1.807) is 14.0 Å². The predicted octanol–water partition coefficient (Wildman–Crippen LogP) is -4.65. The SMILES string of the molecule is CNC1C(O)C(OC2C(NCC(O)CN)CC(N)C(C3OC(CN)=CCC3NCCCN)C2O)OCC1(C)O. The van der Waals surface area contributed by atoms with Crippen LogP contribution in [0.2, 0.25) is 0 Å². The van der Waals surface area contributed by atoms with Gasteiger partial charge in [0.15, 0.2) is 6.29 Å². The van der Waals surface area contributed by atoms with Gasteiger partial charge in [-0.05, 0) is 52.4 Å². The zero-order chi connectivity index (χ0) is 28.7. The first kappa shape index (κ1) is 32.5. The van der Waals surface area contributed by atoms with E-state index in [-0.39, 0.29) is 32.3 Å². The molecule has 228 valence electrons. The molecule has 0 aromatic carbocycles. The van der Waals surface area contributed by atoms with Crippen LogP contribution in [-0.2, 0) is 14.2 Å². The van der Waals surface area contributed by atoms with E-state index in [2.05, 4.69) is 16.0 Å². The Bertz CT molecular complexity index is 779. The summed E-state index contributed by atoms with van der Waals surface area (Å²) < 4.78 is 18.3. The molecule has 1 saturated heterocycles. The van der Waals surface area contributed by atoms with Crippen LogP contribution in [0.3, 0.4) is 0 Å². The molecule has 3 aliphatic rings. The number of likely N-dealkylation sites (N-methyl/N-ethyl adjacent to an activating group) is 1. The van der Waals surface area contributed by atoms with Crippen molar-refractivity contribution in [2.75, 3.05) is 46.4 Å². The highest BCUT2D eigenvalue weighted by Crippen LogP contribution is 2.37. The lowest BCUT2D eigenvalue weighted by molar-refractivity contribution is -0.298. The molecule has 0 spiro atoms. The van der Waals surface area contributed by atoms with Crippen LogP contribution in [0.15, 0.2) is 11.8 Å². The molecule has 0 amide bonds. The molecule has 3 rings (SSSR count). The van der Waals surface area contributed by atoms with E-state index in [1.807, 2.05) is 6.08 Å². The fourth-order valence-electron chi connectivity index (χ4n) is 5.96. The summed E-state index contributed by atoms with van der Waals surface area (Å²) in [6, 6.07) is -1.84. The van der Waals surface area contributed by atoms with Crippen LogP contribution in [0, 0.1) is 5.92 Å². The number of nitrogens with one attached hydrogen (secondary N) is 3. The molecule has 2 aliphatic heterocycles. The lowest BCUT2D eigenvalue weighted by Crippen LogP contribution is -2.69. The minimum absolute atomic E-state index is 0.0616. The van der Waals surface area contributed by atoms with Crippen LogP contribution in [0.4, 0.5) is 0 Å². The van der Waals surface area contributed by atoms with Gasteiger partial charge in [0.05, 0.1) is 31.4 Å². The molecule has 12 unspecified atom stereocenters. The standard InChI is InChI=1S/C25H51N7O7/c1-25(36)12-37-24(20(35)23(25)30-2)39-22-17(32-11-13(33)9-27)8-15(29)18(19(22)34)21-16(31-7-3-6-26)5-4-14(10-28)38-21/h4,13,15-24,30-36H,3,5-12,26-29H2,1-2H3. The Labute approximate surface area is 230 Å². The summed E-state index contributed by atoms with van der Waals surface area (Å²) in [5.74, 6) is 0.0761. The molecule has 14 heteroatoms. The number of rotatable bonds is 13. The lowest BCUT2D eigenvalue weighted by atomic mass is 9.72. The second-order valence-corrected chi connectivity index (χ2v) is 11.2. The van der Waals surface area contributed by atoms with Crippen molar-refractivity contribution in [1.29, 1.82) is 0 Å². The highest BCUT2D eigenvalue weighted by Gasteiger charge is 2.53. The van der Waals surface area contributed by atoms with Crippen molar-refractivity contribution in [2.45, 2.75) is 92.8 Å². The van der Waals surface area contributed by atoms with Crippen molar-refractivity contribution in [3.8, 4) is 0 Å². The summed E-state index contributed by atoms with van der Waals surface area (Å²) in [6.07, 6.45) is -1.91. The summed E-state index contributed by atoms with van der Waals surface area (Å²) in [4.78, 5) is 0. The summed E-state index contributed by atoms with van der Waals surface area (Å²) in [5, 5.41) is 53.2. The maximum Gasteiger partial charge on any atom is 0.185 e. The van der Waals surface area contributed by atoms with E-state index in [0.717, 1.165) is 6.42 Å². The first-order chi connectivity index (χ1) is 18.6. The molecular formula is C25H51N7O7. The summed E-state index contributed by atoms with van der Waals surface area (Å²) >= 11 is 0. The fraction of sp³-hybridized carbons (Fsp3) is 0.920. The monoisotopic (exact) mass is 561 g/mol. The first-order valence-corrected chi connectivity index (χ1v) is 14.0. The zero-order valence-electron chi connectivity index (χ0n) is 23.1. The Morgan fingerprint density at radius 3 is 2.56 bits per heavy atom. The van der Waals surface area contributed by atoms with Crippen LogP contribution in [0.5, 0.6) is 0 Å². The largest absolute Gasteiger partial charge is 0.492 e. The zero-order valence-corrected chi connectivity index (χ0v) is 23.1. The predicted molar refractivity (Wildman–Crippen MR) is 145 cm³/mol. The van der Waals surface area contributed by atoms with E-state index in [4.69, 9.17) is 37.1 Å². The molecule has 1 aliphatic carbocycles. The Balaban J connectivity index is 1.86. The third kappa shape index (κ3) is 7.86. The number of ether oxygens (including phenoxy) is 3. The average molecular weight is 562 g/mol. The number of aliphatic hydroxyl groups excluding tert-OH is 3. The van der Waals surface area contributed by atoms with Crippen LogP contribution < -0.4 is 38.9 Å². The molecule has 39 heavy (non-hydrogen) atoms. The highest BCUT2D eigenvalue weighted by molar-refractivity contribution is 5.11. The molecule has 2 fully saturated rings. The van der Waals surface area contributed by atoms with E-state index in [0.29, 0.717) is 31.7 Å². The van der Waals surface area contributed by atoms with Crippen LogP contribution in [-0.4, -0.2) is 133 Å². The Morgan fingerprint density at radius 2 is 1.92 bits per heavy atom. The second-order valence-electron chi connectivity index (χ2n) is 11.2. The van der Waals surface area contributed by atoms with Crippen molar-refractivity contribution in [3.05, 3.63) is 11.8 Å².